The van der Waals surface area contributed by atoms with E-state index in [1.807, 2.05) is 30.8 Å². The van der Waals surface area contributed by atoms with Gasteiger partial charge in [-0.05, 0) is 25.5 Å². The summed E-state index contributed by atoms with van der Waals surface area (Å²) in [7, 11) is 0. The Balaban J connectivity index is 2.14. The van der Waals surface area contributed by atoms with Gasteiger partial charge in [0.05, 0.1) is 18.1 Å². The second-order valence-corrected chi connectivity index (χ2v) is 3.33. The average molecular weight is 203 g/mol. The fraction of sp³-hybridized carbons (Fsp3) is 0.300. The Morgan fingerprint density at radius 1 is 1.40 bits per heavy atom. The van der Waals surface area contributed by atoms with Crippen molar-refractivity contribution in [3.05, 3.63) is 30.2 Å². The number of rotatable bonds is 3. The molecule has 0 spiro atoms. The van der Waals surface area contributed by atoms with Crippen LogP contribution in [0.4, 0.5) is 11.5 Å². The molecule has 15 heavy (non-hydrogen) atoms. The van der Waals surface area contributed by atoms with Gasteiger partial charge in [-0.15, -0.1) is 5.10 Å². The molecule has 2 aromatic heterocycles. The molecule has 0 atom stereocenters. The van der Waals surface area contributed by atoms with Crippen LogP contribution in [0.1, 0.15) is 12.5 Å². The first-order valence-electron chi connectivity index (χ1n) is 4.86. The first-order valence-corrected chi connectivity index (χ1v) is 4.86. The molecule has 0 amide bonds. The molecular weight excluding hydrogens is 190 g/mol. The van der Waals surface area contributed by atoms with Gasteiger partial charge in [0.1, 0.15) is 0 Å². The quantitative estimate of drug-likeness (QED) is 0.825. The van der Waals surface area contributed by atoms with Crippen LogP contribution in [0, 0.1) is 6.92 Å². The fourth-order valence-corrected chi connectivity index (χ4v) is 1.27. The Bertz CT molecular complexity index is 449. The normalized spacial score (nSPS) is 10.3. The van der Waals surface area contributed by atoms with Crippen LogP contribution in [0.25, 0.3) is 0 Å². The van der Waals surface area contributed by atoms with Gasteiger partial charge < -0.3 is 5.32 Å². The molecule has 0 aliphatic rings. The van der Waals surface area contributed by atoms with Gasteiger partial charge in [-0.1, -0.05) is 0 Å². The second-order valence-electron chi connectivity index (χ2n) is 3.33. The highest BCUT2D eigenvalue weighted by molar-refractivity contribution is 5.53. The Morgan fingerprint density at radius 2 is 2.27 bits per heavy atom. The largest absolute Gasteiger partial charge is 0.336 e. The number of nitrogens with zero attached hydrogens (tertiary/aromatic N) is 4. The van der Waals surface area contributed by atoms with Crippen molar-refractivity contribution in [3.63, 3.8) is 0 Å². The van der Waals surface area contributed by atoms with Crippen LogP contribution in [-0.2, 0) is 6.54 Å². The molecule has 2 rings (SSSR count). The molecule has 0 bridgehead atoms. The zero-order valence-electron chi connectivity index (χ0n) is 8.81. The molecule has 5 nitrogen and oxygen atoms in total. The van der Waals surface area contributed by atoms with Crippen LogP contribution in [0.5, 0.6) is 0 Å². The van der Waals surface area contributed by atoms with Crippen molar-refractivity contribution in [1.82, 2.24) is 20.0 Å². The molecule has 0 saturated heterocycles. The zero-order chi connectivity index (χ0) is 10.7. The lowest BCUT2D eigenvalue weighted by molar-refractivity contribution is 0.660. The third-order valence-electron chi connectivity index (χ3n) is 2.02. The lowest BCUT2D eigenvalue weighted by Crippen LogP contribution is -1.95. The third kappa shape index (κ3) is 2.31. The molecule has 2 heterocycles. The molecule has 0 aromatic carbocycles. The van der Waals surface area contributed by atoms with Crippen LogP contribution >= 0.6 is 0 Å². The molecule has 2 aromatic rings. The number of nitrogens with one attached hydrogen (secondary N) is 1. The number of anilines is 2. The second kappa shape index (κ2) is 4.08. The summed E-state index contributed by atoms with van der Waals surface area (Å²) >= 11 is 0. The van der Waals surface area contributed by atoms with Gasteiger partial charge in [-0.3, -0.25) is 4.68 Å². The summed E-state index contributed by atoms with van der Waals surface area (Å²) in [5.74, 6) is 0.741. The van der Waals surface area contributed by atoms with Crippen molar-refractivity contribution in [2.45, 2.75) is 20.4 Å². The summed E-state index contributed by atoms with van der Waals surface area (Å²) in [5, 5.41) is 15.1. The topological polar surface area (TPSA) is 55.6 Å². The first-order chi connectivity index (χ1) is 7.28. The molecule has 0 saturated carbocycles. The van der Waals surface area contributed by atoms with Crippen molar-refractivity contribution in [2.75, 3.05) is 5.32 Å². The fourth-order valence-electron chi connectivity index (χ4n) is 1.27. The first kappa shape index (κ1) is 9.64. The van der Waals surface area contributed by atoms with Crippen LogP contribution < -0.4 is 5.32 Å². The Morgan fingerprint density at radius 3 is 2.93 bits per heavy atom. The molecule has 5 heteroatoms. The summed E-state index contributed by atoms with van der Waals surface area (Å²) in [6.07, 6.45) is 5.43. The van der Waals surface area contributed by atoms with Crippen molar-refractivity contribution in [1.29, 1.82) is 0 Å². The van der Waals surface area contributed by atoms with Crippen LogP contribution in [0.15, 0.2) is 24.7 Å². The smallest absolute Gasteiger partial charge is 0.153 e. The molecule has 0 fully saturated rings. The lowest BCUT2D eigenvalue weighted by atomic mass is 10.3. The van der Waals surface area contributed by atoms with Gasteiger partial charge in [0.15, 0.2) is 5.82 Å². The maximum absolute atomic E-state index is 4.16. The molecular formula is C10H13N5. The van der Waals surface area contributed by atoms with Gasteiger partial charge in [0.2, 0.25) is 0 Å². The highest BCUT2D eigenvalue weighted by Crippen LogP contribution is 2.12. The van der Waals surface area contributed by atoms with Crippen molar-refractivity contribution >= 4 is 11.5 Å². The van der Waals surface area contributed by atoms with E-state index >= 15 is 0 Å². The van der Waals surface area contributed by atoms with Gasteiger partial charge in [0, 0.05) is 12.7 Å². The lowest BCUT2D eigenvalue weighted by Gasteiger charge is -2.01. The number of hydrogen-bond acceptors (Lipinski definition) is 4. The van der Waals surface area contributed by atoms with Gasteiger partial charge in [-0.2, -0.15) is 10.2 Å². The summed E-state index contributed by atoms with van der Waals surface area (Å²) in [6, 6.07) is 1.94. The molecule has 0 radical (unpaired) electrons. The third-order valence-corrected chi connectivity index (χ3v) is 2.02. The number of aromatic nitrogens is 4. The van der Waals surface area contributed by atoms with Gasteiger partial charge in [0.25, 0.3) is 0 Å². The van der Waals surface area contributed by atoms with E-state index in [9.17, 15) is 0 Å². The van der Waals surface area contributed by atoms with E-state index < -0.39 is 0 Å². The van der Waals surface area contributed by atoms with Crippen LogP contribution in [0.2, 0.25) is 0 Å². The average Bonchev–Trinajstić information content (AvgIpc) is 2.65. The summed E-state index contributed by atoms with van der Waals surface area (Å²) in [5.41, 5.74) is 2.01. The molecule has 1 N–H and O–H groups in total. The monoisotopic (exact) mass is 203 g/mol. The van der Waals surface area contributed by atoms with E-state index in [0.717, 1.165) is 23.6 Å². The van der Waals surface area contributed by atoms with E-state index in [1.54, 1.807) is 12.4 Å². The molecule has 0 aliphatic carbocycles. The van der Waals surface area contributed by atoms with Crippen molar-refractivity contribution in [2.24, 2.45) is 0 Å². The van der Waals surface area contributed by atoms with E-state index in [0.29, 0.717) is 0 Å². The highest BCUT2D eigenvalue weighted by Gasteiger charge is 1.99. The minimum Gasteiger partial charge on any atom is -0.336 e. The SMILES string of the molecule is CCn1cc(Nc2cc(C)cnn2)cn1. The predicted molar refractivity (Wildman–Crippen MR) is 58.0 cm³/mol. The maximum atomic E-state index is 4.16. The van der Waals surface area contributed by atoms with E-state index in [1.165, 1.54) is 0 Å². The minimum absolute atomic E-state index is 0.741. The summed E-state index contributed by atoms with van der Waals surface area (Å²) in [4.78, 5) is 0. The molecule has 78 valence electrons. The standard InChI is InChI=1S/C10H13N5/c1-3-15-7-9(6-12-15)13-10-4-8(2)5-11-14-10/h4-7H,3H2,1-2H3,(H,13,14). The molecule has 0 unspecified atom stereocenters. The number of hydrogen-bond donors (Lipinski definition) is 1. The van der Waals surface area contributed by atoms with E-state index in [2.05, 4.69) is 20.6 Å². The van der Waals surface area contributed by atoms with E-state index in [-0.39, 0.29) is 0 Å². The minimum atomic E-state index is 0.741. The van der Waals surface area contributed by atoms with Gasteiger partial charge >= 0.3 is 0 Å². The Kier molecular flexibility index (Phi) is 2.62. The summed E-state index contributed by atoms with van der Waals surface area (Å²) < 4.78 is 1.85. The van der Waals surface area contributed by atoms with E-state index in [4.69, 9.17) is 0 Å². The summed E-state index contributed by atoms with van der Waals surface area (Å²) in [6.45, 7) is 4.89. The molecule has 0 aliphatic heterocycles. The highest BCUT2D eigenvalue weighted by atomic mass is 15.3. The maximum Gasteiger partial charge on any atom is 0.153 e. The Labute approximate surface area is 88.1 Å². The van der Waals surface area contributed by atoms with Crippen molar-refractivity contribution < 1.29 is 0 Å². The Hall–Kier alpha value is -1.91. The predicted octanol–water partition coefficient (Wildman–Crippen LogP) is 1.75. The zero-order valence-corrected chi connectivity index (χ0v) is 8.81. The van der Waals surface area contributed by atoms with Crippen molar-refractivity contribution in [3.8, 4) is 0 Å². The van der Waals surface area contributed by atoms with Crippen LogP contribution in [-0.4, -0.2) is 20.0 Å². The van der Waals surface area contributed by atoms with Gasteiger partial charge in [-0.25, -0.2) is 0 Å². The number of aryl methyl sites for hydroxylation is 2. The van der Waals surface area contributed by atoms with Crippen LogP contribution in [0.3, 0.4) is 0 Å².